The molecule has 0 radical (unpaired) electrons. The van der Waals surface area contributed by atoms with Gasteiger partial charge < -0.3 is 10.5 Å². The molecule has 1 atom stereocenters. The molecule has 3 N–H and O–H groups in total. The zero-order valence-corrected chi connectivity index (χ0v) is 13.0. The van der Waals surface area contributed by atoms with Crippen LogP contribution in [-0.2, 0) is 19.6 Å². The molecule has 6 nitrogen and oxygen atoms in total. The number of nitrogens with one attached hydrogen (secondary N) is 1. The van der Waals surface area contributed by atoms with Crippen molar-refractivity contribution in [3.63, 3.8) is 0 Å². The number of fused-ring (bicyclic) bond motifs is 1. The molecule has 1 unspecified atom stereocenters. The van der Waals surface area contributed by atoms with Crippen molar-refractivity contribution in [2.24, 2.45) is 5.73 Å². The highest BCUT2D eigenvalue weighted by Crippen LogP contribution is 2.22. The van der Waals surface area contributed by atoms with E-state index in [9.17, 15) is 13.2 Å². The predicted molar refractivity (Wildman–Crippen MR) is 83.7 cm³/mol. The molecule has 0 saturated carbocycles. The number of esters is 1. The highest BCUT2D eigenvalue weighted by atomic mass is 32.2. The summed E-state index contributed by atoms with van der Waals surface area (Å²) in [7, 11) is -3.89. The number of carbonyl (C=O) groups excluding carboxylic acids is 1. The lowest BCUT2D eigenvalue weighted by Gasteiger charge is -2.16. The Morgan fingerprint density at radius 2 is 1.91 bits per heavy atom. The molecule has 0 aliphatic heterocycles. The van der Waals surface area contributed by atoms with Crippen LogP contribution >= 0.6 is 0 Å². The van der Waals surface area contributed by atoms with Crippen LogP contribution in [0.3, 0.4) is 0 Å². The fourth-order valence-electron chi connectivity index (χ4n) is 2.12. The van der Waals surface area contributed by atoms with Gasteiger partial charge in [-0.25, -0.2) is 8.42 Å². The van der Waals surface area contributed by atoms with E-state index in [0.717, 1.165) is 5.39 Å². The maximum atomic E-state index is 12.5. The Morgan fingerprint density at radius 1 is 1.23 bits per heavy atom. The average Bonchev–Trinajstić information content (AvgIpc) is 2.52. The number of sulfonamides is 1. The third-order valence-electron chi connectivity index (χ3n) is 3.14. The molecular weight excluding hydrogens is 304 g/mol. The van der Waals surface area contributed by atoms with E-state index in [2.05, 4.69) is 4.72 Å². The van der Waals surface area contributed by atoms with Crippen LogP contribution in [0.5, 0.6) is 0 Å². The molecule has 0 bridgehead atoms. The topological polar surface area (TPSA) is 98.5 Å². The minimum atomic E-state index is -3.89. The van der Waals surface area contributed by atoms with E-state index >= 15 is 0 Å². The summed E-state index contributed by atoms with van der Waals surface area (Å²) in [6, 6.07) is 11.0. The number of nitrogens with two attached hydrogens (primary N) is 1. The van der Waals surface area contributed by atoms with Crippen molar-refractivity contribution in [1.82, 2.24) is 4.72 Å². The molecule has 22 heavy (non-hydrogen) atoms. The Hall–Kier alpha value is -1.96. The van der Waals surface area contributed by atoms with Gasteiger partial charge in [0.2, 0.25) is 10.0 Å². The minimum Gasteiger partial charge on any atom is -0.465 e. The molecule has 2 aromatic rings. The Labute approximate surface area is 129 Å². The zero-order chi connectivity index (χ0) is 16.2. The second kappa shape index (κ2) is 6.87. The molecule has 0 aromatic heterocycles. The van der Waals surface area contributed by atoms with Crippen LogP contribution in [0.2, 0.25) is 0 Å². The number of carbonyl (C=O) groups is 1. The number of hydrogen-bond acceptors (Lipinski definition) is 5. The van der Waals surface area contributed by atoms with Crippen molar-refractivity contribution in [1.29, 1.82) is 0 Å². The monoisotopic (exact) mass is 322 g/mol. The van der Waals surface area contributed by atoms with Gasteiger partial charge in [0.1, 0.15) is 6.04 Å². The second-order valence-corrected chi connectivity index (χ2v) is 6.32. The van der Waals surface area contributed by atoms with Gasteiger partial charge in [-0.1, -0.05) is 36.4 Å². The Morgan fingerprint density at radius 3 is 2.59 bits per heavy atom. The van der Waals surface area contributed by atoms with Gasteiger partial charge in [0.15, 0.2) is 0 Å². The number of rotatable bonds is 6. The van der Waals surface area contributed by atoms with E-state index < -0.39 is 22.0 Å². The van der Waals surface area contributed by atoms with Gasteiger partial charge in [0, 0.05) is 11.9 Å². The summed E-state index contributed by atoms with van der Waals surface area (Å²) in [5, 5.41) is 1.38. The molecule has 2 rings (SSSR count). The van der Waals surface area contributed by atoms with Gasteiger partial charge in [0.05, 0.1) is 11.5 Å². The maximum absolute atomic E-state index is 12.5. The lowest BCUT2D eigenvalue weighted by atomic mass is 10.1. The average molecular weight is 322 g/mol. The first-order chi connectivity index (χ1) is 10.5. The van der Waals surface area contributed by atoms with E-state index in [1.807, 2.05) is 18.2 Å². The zero-order valence-electron chi connectivity index (χ0n) is 12.2. The van der Waals surface area contributed by atoms with E-state index in [0.29, 0.717) is 5.39 Å². The summed E-state index contributed by atoms with van der Waals surface area (Å²) in [6.45, 7) is 1.62. The molecular formula is C15H18N2O4S. The van der Waals surface area contributed by atoms with Crippen LogP contribution in [0.15, 0.2) is 47.4 Å². The fraction of sp³-hybridized carbons (Fsp3) is 0.267. The quantitative estimate of drug-likeness (QED) is 0.773. The van der Waals surface area contributed by atoms with Crippen LogP contribution in [0.25, 0.3) is 10.8 Å². The molecule has 0 spiro atoms. The Bertz CT molecular complexity index is 769. The molecule has 0 saturated heterocycles. The third kappa shape index (κ3) is 3.44. The standard InChI is InChI=1S/C15H18N2O4S/c1-2-21-15(18)13(10-16)17-22(19,20)14-9-5-7-11-6-3-4-8-12(11)14/h3-9,13,17H,2,10,16H2,1H3. The highest BCUT2D eigenvalue weighted by molar-refractivity contribution is 7.89. The van der Waals surface area contributed by atoms with Crippen molar-refractivity contribution < 1.29 is 17.9 Å². The maximum Gasteiger partial charge on any atom is 0.325 e. The van der Waals surface area contributed by atoms with Crippen LogP contribution in [-0.4, -0.2) is 33.6 Å². The van der Waals surface area contributed by atoms with Crippen LogP contribution < -0.4 is 10.5 Å². The lowest BCUT2D eigenvalue weighted by molar-refractivity contribution is -0.144. The smallest absolute Gasteiger partial charge is 0.325 e. The minimum absolute atomic E-state index is 0.105. The lowest BCUT2D eigenvalue weighted by Crippen LogP contribution is -2.46. The van der Waals surface area contributed by atoms with E-state index in [4.69, 9.17) is 10.5 Å². The summed E-state index contributed by atoms with van der Waals surface area (Å²) in [4.78, 5) is 11.8. The Kier molecular flexibility index (Phi) is 5.12. The fourth-order valence-corrected chi connectivity index (χ4v) is 3.54. The summed E-state index contributed by atoms with van der Waals surface area (Å²) >= 11 is 0. The van der Waals surface area contributed by atoms with Crippen molar-refractivity contribution >= 4 is 26.8 Å². The predicted octanol–water partition coefficient (Wildman–Crippen LogP) is 1.01. The van der Waals surface area contributed by atoms with E-state index in [-0.39, 0.29) is 18.0 Å². The van der Waals surface area contributed by atoms with Gasteiger partial charge in [-0.05, 0) is 18.4 Å². The summed E-state index contributed by atoms with van der Waals surface area (Å²) in [5.74, 6) is -0.686. The molecule has 0 amide bonds. The molecule has 0 fully saturated rings. The summed E-state index contributed by atoms with van der Waals surface area (Å²) in [5.41, 5.74) is 5.47. The van der Waals surface area contributed by atoms with E-state index in [1.165, 1.54) is 6.07 Å². The van der Waals surface area contributed by atoms with E-state index in [1.54, 1.807) is 25.1 Å². The summed E-state index contributed by atoms with van der Waals surface area (Å²) in [6.07, 6.45) is 0. The van der Waals surface area contributed by atoms with Gasteiger partial charge in [0.25, 0.3) is 0 Å². The number of benzene rings is 2. The van der Waals surface area contributed by atoms with Crippen molar-refractivity contribution in [2.45, 2.75) is 17.9 Å². The van der Waals surface area contributed by atoms with Crippen molar-refractivity contribution in [3.8, 4) is 0 Å². The number of hydrogen-bond donors (Lipinski definition) is 2. The first kappa shape index (κ1) is 16.4. The first-order valence-electron chi connectivity index (χ1n) is 6.86. The largest absolute Gasteiger partial charge is 0.465 e. The normalized spacial score (nSPS) is 13.0. The first-order valence-corrected chi connectivity index (χ1v) is 8.34. The van der Waals surface area contributed by atoms with Crippen molar-refractivity contribution in [2.75, 3.05) is 13.2 Å². The van der Waals surface area contributed by atoms with Gasteiger partial charge in [-0.3, -0.25) is 4.79 Å². The van der Waals surface area contributed by atoms with Crippen LogP contribution in [0, 0.1) is 0 Å². The molecule has 0 aliphatic rings. The van der Waals surface area contributed by atoms with Crippen LogP contribution in [0.1, 0.15) is 6.92 Å². The van der Waals surface area contributed by atoms with Gasteiger partial charge >= 0.3 is 5.97 Å². The van der Waals surface area contributed by atoms with Gasteiger partial charge in [-0.2, -0.15) is 4.72 Å². The molecule has 2 aromatic carbocycles. The third-order valence-corrected chi connectivity index (χ3v) is 4.67. The molecule has 0 aliphatic carbocycles. The highest BCUT2D eigenvalue weighted by Gasteiger charge is 2.26. The van der Waals surface area contributed by atoms with Crippen LogP contribution in [0.4, 0.5) is 0 Å². The summed E-state index contributed by atoms with van der Waals surface area (Å²) < 4.78 is 32.2. The SMILES string of the molecule is CCOC(=O)C(CN)NS(=O)(=O)c1cccc2ccccc12. The molecule has 118 valence electrons. The number of ether oxygens (including phenoxy) is 1. The Balaban J connectivity index is 2.38. The van der Waals surface area contributed by atoms with Gasteiger partial charge in [-0.15, -0.1) is 0 Å². The van der Waals surface area contributed by atoms with Crippen molar-refractivity contribution in [3.05, 3.63) is 42.5 Å². The second-order valence-electron chi connectivity index (χ2n) is 4.64. The molecule has 7 heteroatoms. The molecule has 0 heterocycles.